The van der Waals surface area contributed by atoms with Crippen LogP contribution in [0.3, 0.4) is 0 Å². The van der Waals surface area contributed by atoms with Crippen molar-refractivity contribution in [3.63, 3.8) is 0 Å². The van der Waals surface area contributed by atoms with Crippen molar-refractivity contribution in [3.05, 3.63) is 0 Å². The number of nitrogens with zero attached hydrogens (tertiary/aromatic N) is 1. The molecule has 1 heterocycles. The van der Waals surface area contributed by atoms with Crippen molar-refractivity contribution in [2.75, 3.05) is 13.1 Å². The van der Waals surface area contributed by atoms with Gasteiger partial charge in [0.1, 0.15) is 0 Å². The van der Waals surface area contributed by atoms with Crippen molar-refractivity contribution in [2.45, 2.75) is 70.3 Å². The fourth-order valence-corrected chi connectivity index (χ4v) is 6.05. The molecule has 0 bridgehead atoms. The zero-order valence-electron chi connectivity index (χ0n) is 14.3. The van der Waals surface area contributed by atoms with Crippen LogP contribution in [0.25, 0.3) is 0 Å². The number of rotatable bonds is 1. The SMILES string of the molecule is Cl.NC1CCCC2CN(C(=O)C3CCC4CCCCC4C3)CC12. The summed E-state index contributed by atoms with van der Waals surface area (Å²) in [5, 5.41) is 0. The smallest absolute Gasteiger partial charge is 0.225 e. The molecular formula is C19H33ClN2O. The second-order valence-corrected chi connectivity index (χ2v) is 8.58. The van der Waals surface area contributed by atoms with E-state index in [1.54, 1.807) is 0 Å². The number of likely N-dealkylation sites (tertiary alicyclic amines) is 1. The minimum atomic E-state index is 0. The highest BCUT2D eigenvalue weighted by Crippen LogP contribution is 2.44. The summed E-state index contributed by atoms with van der Waals surface area (Å²) in [5.41, 5.74) is 6.31. The maximum atomic E-state index is 13.0. The Balaban J connectivity index is 0.00000156. The summed E-state index contributed by atoms with van der Waals surface area (Å²) in [6.07, 6.45) is 13.0. The van der Waals surface area contributed by atoms with Crippen LogP contribution in [0.15, 0.2) is 0 Å². The molecule has 1 amide bonds. The largest absolute Gasteiger partial charge is 0.342 e. The summed E-state index contributed by atoms with van der Waals surface area (Å²) in [7, 11) is 0. The third kappa shape index (κ3) is 3.42. The Morgan fingerprint density at radius 2 is 1.57 bits per heavy atom. The second kappa shape index (κ2) is 7.31. The predicted octanol–water partition coefficient (Wildman–Crippen LogP) is 3.60. The van der Waals surface area contributed by atoms with Crippen molar-refractivity contribution in [1.82, 2.24) is 4.90 Å². The van der Waals surface area contributed by atoms with E-state index >= 15 is 0 Å². The first kappa shape index (κ1) is 17.5. The van der Waals surface area contributed by atoms with E-state index in [0.717, 1.165) is 37.8 Å². The molecule has 132 valence electrons. The van der Waals surface area contributed by atoms with Crippen LogP contribution in [0.2, 0.25) is 0 Å². The topological polar surface area (TPSA) is 46.3 Å². The lowest BCUT2D eigenvalue weighted by Gasteiger charge is -2.39. The summed E-state index contributed by atoms with van der Waals surface area (Å²) in [6.45, 7) is 1.96. The highest BCUT2D eigenvalue weighted by Gasteiger charge is 2.43. The number of carbonyl (C=O) groups is 1. The van der Waals surface area contributed by atoms with E-state index in [-0.39, 0.29) is 12.4 Å². The van der Waals surface area contributed by atoms with Gasteiger partial charge >= 0.3 is 0 Å². The van der Waals surface area contributed by atoms with Crippen LogP contribution in [-0.2, 0) is 4.79 Å². The molecule has 3 saturated carbocycles. The molecule has 3 aliphatic carbocycles. The Labute approximate surface area is 147 Å². The Morgan fingerprint density at radius 3 is 2.35 bits per heavy atom. The first-order chi connectivity index (χ1) is 10.7. The summed E-state index contributed by atoms with van der Waals surface area (Å²) in [6, 6.07) is 0.339. The van der Waals surface area contributed by atoms with E-state index in [0.29, 0.717) is 29.7 Å². The van der Waals surface area contributed by atoms with Crippen LogP contribution in [-0.4, -0.2) is 29.9 Å². The third-order valence-corrected chi connectivity index (χ3v) is 7.35. The monoisotopic (exact) mass is 340 g/mol. The Kier molecular flexibility index (Phi) is 5.57. The molecule has 6 unspecified atom stereocenters. The van der Waals surface area contributed by atoms with Gasteiger partial charge in [0, 0.05) is 25.0 Å². The van der Waals surface area contributed by atoms with Crippen LogP contribution in [0.5, 0.6) is 0 Å². The fraction of sp³-hybridized carbons (Fsp3) is 0.947. The van der Waals surface area contributed by atoms with Gasteiger partial charge in [0.25, 0.3) is 0 Å². The van der Waals surface area contributed by atoms with E-state index in [9.17, 15) is 4.79 Å². The summed E-state index contributed by atoms with van der Waals surface area (Å²) in [4.78, 5) is 15.2. The molecule has 4 heteroatoms. The van der Waals surface area contributed by atoms with Crippen LogP contribution in [0.4, 0.5) is 0 Å². The molecule has 2 N–H and O–H groups in total. The molecule has 4 fully saturated rings. The lowest BCUT2D eigenvalue weighted by Crippen LogP contribution is -2.40. The van der Waals surface area contributed by atoms with Gasteiger partial charge in [0.05, 0.1) is 0 Å². The Bertz CT molecular complexity index is 430. The van der Waals surface area contributed by atoms with Gasteiger partial charge in [-0.15, -0.1) is 12.4 Å². The van der Waals surface area contributed by atoms with Gasteiger partial charge in [-0.1, -0.05) is 32.1 Å². The van der Waals surface area contributed by atoms with Gasteiger partial charge in [-0.05, 0) is 55.8 Å². The van der Waals surface area contributed by atoms with Crippen molar-refractivity contribution in [1.29, 1.82) is 0 Å². The average Bonchev–Trinajstić information content (AvgIpc) is 2.99. The van der Waals surface area contributed by atoms with Crippen molar-refractivity contribution >= 4 is 18.3 Å². The van der Waals surface area contributed by atoms with Gasteiger partial charge in [0.2, 0.25) is 5.91 Å². The second-order valence-electron chi connectivity index (χ2n) is 8.58. The van der Waals surface area contributed by atoms with E-state index in [1.807, 2.05) is 0 Å². The molecular weight excluding hydrogens is 308 g/mol. The first-order valence-corrected chi connectivity index (χ1v) is 9.76. The van der Waals surface area contributed by atoms with E-state index < -0.39 is 0 Å². The van der Waals surface area contributed by atoms with Crippen LogP contribution in [0.1, 0.15) is 64.2 Å². The minimum Gasteiger partial charge on any atom is -0.342 e. The maximum Gasteiger partial charge on any atom is 0.225 e. The van der Waals surface area contributed by atoms with Gasteiger partial charge < -0.3 is 10.6 Å². The zero-order valence-corrected chi connectivity index (χ0v) is 15.1. The van der Waals surface area contributed by atoms with E-state index in [1.165, 1.54) is 51.4 Å². The molecule has 0 spiro atoms. The van der Waals surface area contributed by atoms with Crippen molar-refractivity contribution in [2.24, 2.45) is 35.3 Å². The van der Waals surface area contributed by atoms with Gasteiger partial charge in [-0.25, -0.2) is 0 Å². The Hall–Kier alpha value is -0.280. The van der Waals surface area contributed by atoms with E-state index in [2.05, 4.69) is 4.90 Å². The number of carbonyl (C=O) groups excluding carboxylic acids is 1. The highest BCUT2D eigenvalue weighted by molar-refractivity contribution is 5.85. The molecule has 4 aliphatic rings. The van der Waals surface area contributed by atoms with Gasteiger partial charge in [0.15, 0.2) is 0 Å². The fourth-order valence-electron chi connectivity index (χ4n) is 6.05. The minimum absolute atomic E-state index is 0. The number of hydrogen-bond acceptors (Lipinski definition) is 2. The summed E-state index contributed by atoms with van der Waals surface area (Å²) >= 11 is 0. The Morgan fingerprint density at radius 1 is 0.826 bits per heavy atom. The molecule has 1 aliphatic heterocycles. The molecule has 0 aromatic rings. The number of amides is 1. The lowest BCUT2D eigenvalue weighted by molar-refractivity contribution is -0.137. The number of hydrogen-bond donors (Lipinski definition) is 1. The number of fused-ring (bicyclic) bond motifs is 2. The van der Waals surface area contributed by atoms with Gasteiger partial charge in [-0.3, -0.25) is 4.79 Å². The molecule has 0 radical (unpaired) electrons. The van der Waals surface area contributed by atoms with Crippen LogP contribution in [0, 0.1) is 29.6 Å². The number of halogens is 1. The normalized spacial score (nSPS) is 43.3. The van der Waals surface area contributed by atoms with Crippen LogP contribution >= 0.6 is 12.4 Å². The quantitative estimate of drug-likeness (QED) is 0.792. The van der Waals surface area contributed by atoms with Crippen LogP contribution < -0.4 is 5.73 Å². The molecule has 0 aromatic carbocycles. The summed E-state index contributed by atoms with van der Waals surface area (Å²) in [5.74, 6) is 3.87. The molecule has 6 atom stereocenters. The predicted molar refractivity (Wildman–Crippen MR) is 95.4 cm³/mol. The molecule has 0 aromatic heterocycles. The third-order valence-electron chi connectivity index (χ3n) is 7.35. The standard InChI is InChI=1S/C19H32N2O.ClH/c20-18-7-3-6-16-11-21(12-17(16)18)19(22)15-9-8-13-4-1-2-5-14(13)10-15;/h13-18H,1-12,20H2;1H. The van der Waals surface area contributed by atoms with Crippen molar-refractivity contribution in [3.8, 4) is 0 Å². The highest BCUT2D eigenvalue weighted by atomic mass is 35.5. The maximum absolute atomic E-state index is 13.0. The molecule has 23 heavy (non-hydrogen) atoms. The van der Waals surface area contributed by atoms with E-state index in [4.69, 9.17) is 5.73 Å². The zero-order chi connectivity index (χ0) is 15.1. The summed E-state index contributed by atoms with van der Waals surface area (Å²) < 4.78 is 0. The average molecular weight is 341 g/mol. The lowest BCUT2D eigenvalue weighted by atomic mass is 9.67. The molecule has 1 saturated heterocycles. The molecule has 4 rings (SSSR count). The molecule has 3 nitrogen and oxygen atoms in total. The van der Waals surface area contributed by atoms with Gasteiger partial charge in [-0.2, -0.15) is 0 Å². The first-order valence-electron chi connectivity index (χ1n) is 9.76. The van der Waals surface area contributed by atoms with Crippen molar-refractivity contribution < 1.29 is 4.79 Å². The number of nitrogens with two attached hydrogens (primary N) is 1.